The van der Waals surface area contributed by atoms with E-state index in [0.717, 1.165) is 0 Å². The molecule has 0 fully saturated rings. The molecular weight excluding hydrogens is 334 g/mol. The van der Waals surface area contributed by atoms with E-state index >= 15 is 0 Å². The van der Waals surface area contributed by atoms with E-state index in [4.69, 9.17) is 4.74 Å². The van der Waals surface area contributed by atoms with Crippen LogP contribution >= 0.6 is 0 Å². The van der Waals surface area contributed by atoms with Gasteiger partial charge in [-0.3, -0.25) is 9.59 Å². The lowest BCUT2D eigenvalue weighted by Crippen LogP contribution is -2.30. The maximum atomic E-state index is 12.2. The molecule has 1 aromatic carbocycles. The molecule has 1 heterocycles. The molecule has 0 saturated carbocycles. The third-order valence-electron chi connectivity index (χ3n) is 3.95. The number of hydrogen-bond acceptors (Lipinski definition) is 4. The van der Waals surface area contributed by atoms with Crippen molar-refractivity contribution in [1.82, 2.24) is 9.47 Å². The normalized spacial score (nSPS) is 10.3. The molecule has 0 unspecified atom stereocenters. The van der Waals surface area contributed by atoms with Gasteiger partial charge >= 0.3 is 5.97 Å². The number of anilines is 1. The van der Waals surface area contributed by atoms with E-state index in [-0.39, 0.29) is 12.5 Å². The molecule has 2 amide bonds. The third kappa shape index (κ3) is 4.72. The summed E-state index contributed by atoms with van der Waals surface area (Å²) in [5, 5.41) is 2.63. The highest BCUT2D eigenvalue weighted by Gasteiger charge is 2.14. The Hall–Kier alpha value is -3.09. The maximum Gasteiger partial charge on any atom is 0.355 e. The molecule has 2 rings (SSSR count). The lowest BCUT2D eigenvalue weighted by atomic mass is 10.2. The van der Waals surface area contributed by atoms with Crippen LogP contribution in [-0.2, 0) is 16.6 Å². The van der Waals surface area contributed by atoms with Crippen LogP contribution in [0.4, 0.5) is 5.69 Å². The molecule has 0 saturated heterocycles. The second-order valence-electron chi connectivity index (χ2n) is 5.68. The highest BCUT2D eigenvalue weighted by atomic mass is 16.5. The summed E-state index contributed by atoms with van der Waals surface area (Å²) in [6.45, 7) is 4.74. The first-order valence-electron chi connectivity index (χ1n) is 8.43. The summed E-state index contributed by atoms with van der Waals surface area (Å²) in [4.78, 5) is 37.7. The van der Waals surface area contributed by atoms with E-state index in [9.17, 15) is 14.4 Å². The van der Waals surface area contributed by atoms with Crippen LogP contribution in [0.2, 0.25) is 0 Å². The first kappa shape index (κ1) is 19.2. The van der Waals surface area contributed by atoms with Crippen molar-refractivity contribution in [1.29, 1.82) is 0 Å². The van der Waals surface area contributed by atoms with Crippen molar-refractivity contribution in [2.45, 2.75) is 13.8 Å². The Bertz CT molecular complexity index is 776. The molecule has 0 atom stereocenters. The number of esters is 1. The summed E-state index contributed by atoms with van der Waals surface area (Å²) in [6.07, 6.45) is 1.72. The minimum absolute atomic E-state index is 0.0515. The van der Waals surface area contributed by atoms with Crippen molar-refractivity contribution < 1.29 is 19.1 Å². The number of carbonyl (C=O) groups is 3. The fraction of sp³-hybridized carbons (Fsp3) is 0.316. The van der Waals surface area contributed by atoms with Crippen LogP contribution in [0.3, 0.4) is 0 Å². The van der Waals surface area contributed by atoms with Gasteiger partial charge in [0.05, 0.1) is 0 Å². The lowest BCUT2D eigenvalue weighted by molar-refractivity contribution is -0.119. The Morgan fingerprint density at radius 3 is 2.27 bits per heavy atom. The lowest BCUT2D eigenvalue weighted by Gasteiger charge is -2.18. The van der Waals surface area contributed by atoms with Crippen LogP contribution in [0.25, 0.3) is 0 Å². The number of amides is 2. The van der Waals surface area contributed by atoms with Gasteiger partial charge in [-0.2, -0.15) is 0 Å². The number of hydrogen-bond donors (Lipinski definition) is 1. The number of ether oxygens (including phenoxy) is 1. The average molecular weight is 357 g/mol. The van der Waals surface area contributed by atoms with Gasteiger partial charge in [0.15, 0.2) is 6.61 Å². The van der Waals surface area contributed by atoms with E-state index in [1.54, 1.807) is 59.1 Å². The highest BCUT2D eigenvalue weighted by molar-refractivity contribution is 5.97. The SMILES string of the molecule is CCN(CC)C(=O)c1ccc(NC(=O)COC(=O)c2cccn2C)cc1. The number of aromatic nitrogens is 1. The largest absolute Gasteiger partial charge is 0.451 e. The smallest absolute Gasteiger partial charge is 0.355 e. The summed E-state index contributed by atoms with van der Waals surface area (Å²) in [5.74, 6) is -1.06. The van der Waals surface area contributed by atoms with E-state index in [2.05, 4.69) is 5.32 Å². The topological polar surface area (TPSA) is 80.6 Å². The molecular formula is C19H23N3O4. The van der Waals surface area contributed by atoms with Crippen molar-refractivity contribution in [3.05, 3.63) is 53.9 Å². The molecule has 7 nitrogen and oxygen atoms in total. The number of nitrogens with zero attached hydrogens (tertiary/aromatic N) is 2. The van der Waals surface area contributed by atoms with E-state index in [0.29, 0.717) is 30.0 Å². The molecule has 0 spiro atoms. The van der Waals surface area contributed by atoms with Crippen LogP contribution in [0, 0.1) is 0 Å². The standard InChI is InChI=1S/C19H23N3O4/c1-4-22(5-2)18(24)14-8-10-15(11-9-14)20-17(23)13-26-19(25)16-7-6-12-21(16)3/h6-12H,4-5,13H2,1-3H3,(H,20,23). The molecule has 0 radical (unpaired) electrons. The van der Waals surface area contributed by atoms with Gasteiger partial charge in [0.2, 0.25) is 0 Å². The molecule has 7 heteroatoms. The first-order valence-corrected chi connectivity index (χ1v) is 8.43. The number of carbonyl (C=O) groups excluding carboxylic acids is 3. The third-order valence-corrected chi connectivity index (χ3v) is 3.95. The first-order chi connectivity index (χ1) is 12.5. The Labute approximate surface area is 152 Å². The molecule has 0 aliphatic rings. The van der Waals surface area contributed by atoms with Gasteiger partial charge in [0.25, 0.3) is 11.8 Å². The number of rotatable bonds is 7. The molecule has 26 heavy (non-hydrogen) atoms. The van der Waals surface area contributed by atoms with Crippen LogP contribution in [0.1, 0.15) is 34.7 Å². The van der Waals surface area contributed by atoms with E-state index in [1.807, 2.05) is 13.8 Å². The zero-order valence-corrected chi connectivity index (χ0v) is 15.2. The highest BCUT2D eigenvalue weighted by Crippen LogP contribution is 2.12. The second-order valence-corrected chi connectivity index (χ2v) is 5.68. The fourth-order valence-electron chi connectivity index (χ4n) is 2.46. The zero-order chi connectivity index (χ0) is 19.1. The molecule has 0 bridgehead atoms. The van der Waals surface area contributed by atoms with Gasteiger partial charge in [-0.15, -0.1) is 0 Å². The van der Waals surface area contributed by atoms with Crippen molar-refractivity contribution >= 4 is 23.5 Å². The summed E-state index contributed by atoms with van der Waals surface area (Å²) in [5.41, 5.74) is 1.46. The van der Waals surface area contributed by atoms with Crippen molar-refractivity contribution in [3.63, 3.8) is 0 Å². The van der Waals surface area contributed by atoms with Crippen LogP contribution in [-0.4, -0.2) is 46.9 Å². The Morgan fingerprint density at radius 2 is 1.73 bits per heavy atom. The van der Waals surface area contributed by atoms with Gasteiger partial charge in [-0.05, 0) is 50.2 Å². The predicted molar refractivity (Wildman–Crippen MR) is 98.0 cm³/mol. The van der Waals surface area contributed by atoms with Crippen LogP contribution < -0.4 is 5.32 Å². The summed E-state index contributed by atoms with van der Waals surface area (Å²) >= 11 is 0. The monoisotopic (exact) mass is 357 g/mol. The minimum Gasteiger partial charge on any atom is -0.451 e. The fourth-order valence-corrected chi connectivity index (χ4v) is 2.46. The molecule has 1 N–H and O–H groups in total. The molecule has 0 aliphatic carbocycles. The van der Waals surface area contributed by atoms with Gasteiger partial charge in [-0.1, -0.05) is 0 Å². The predicted octanol–water partition coefficient (Wildman–Crippen LogP) is 2.30. The Morgan fingerprint density at radius 1 is 1.08 bits per heavy atom. The minimum atomic E-state index is -0.562. The maximum absolute atomic E-state index is 12.2. The van der Waals surface area contributed by atoms with E-state index in [1.165, 1.54) is 0 Å². The van der Waals surface area contributed by atoms with Gasteiger partial charge in [0.1, 0.15) is 5.69 Å². The second kappa shape index (κ2) is 8.84. The molecule has 2 aromatic rings. The van der Waals surface area contributed by atoms with Crippen LogP contribution in [0.15, 0.2) is 42.6 Å². The number of nitrogens with one attached hydrogen (secondary N) is 1. The van der Waals surface area contributed by atoms with Gasteiger partial charge < -0.3 is 19.5 Å². The molecule has 138 valence electrons. The molecule has 1 aromatic heterocycles. The Kier molecular flexibility index (Phi) is 6.54. The zero-order valence-electron chi connectivity index (χ0n) is 15.2. The van der Waals surface area contributed by atoms with Gasteiger partial charge in [0, 0.05) is 37.6 Å². The number of aryl methyl sites for hydroxylation is 1. The van der Waals surface area contributed by atoms with E-state index < -0.39 is 11.9 Å². The van der Waals surface area contributed by atoms with Gasteiger partial charge in [-0.25, -0.2) is 4.79 Å². The van der Waals surface area contributed by atoms with Crippen molar-refractivity contribution in [2.75, 3.05) is 25.0 Å². The average Bonchev–Trinajstić information content (AvgIpc) is 3.07. The van der Waals surface area contributed by atoms with Crippen molar-refractivity contribution in [2.24, 2.45) is 7.05 Å². The summed E-state index contributed by atoms with van der Waals surface area (Å²) in [6, 6.07) is 9.95. The quantitative estimate of drug-likeness (QED) is 0.771. The Balaban J connectivity index is 1.88. The summed E-state index contributed by atoms with van der Waals surface area (Å²) < 4.78 is 6.61. The number of benzene rings is 1. The van der Waals surface area contributed by atoms with Crippen molar-refractivity contribution in [3.8, 4) is 0 Å². The van der Waals surface area contributed by atoms with Crippen LogP contribution in [0.5, 0.6) is 0 Å². The summed E-state index contributed by atoms with van der Waals surface area (Å²) in [7, 11) is 1.72. The molecule has 0 aliphatic heterocycles.